The maximum absolute atomic E-state index is 14.1. The molecule has 0 spiro atoms. The largest absolute Gasteiger partial charge is 0.490 e. The van der Waals surface area contributed by atoms with Crippen LogP contribution in [0.2, 0.25) is 0 Å². The summed E-state index contributed by atoms with van der Waals surface area (Å²) in [5.41, 5.74) is 2.23. The van der Waals surface area contributed by atoms with Gasteiger partial charge in [-0.2, -0.15) is 0 Å². The molecule has 0 amide bonds. The van der Waals surface area contributed by atoms with Crippen molar-refractivity contribution in [3.8, 4) is 11.5 Å². The number of anilines is 2. The van der Waals surface area contributed by atoms with Gasteiger partial charge in [-0.05, 0) is 29.8 Å². The molecule has 0 unspecified atom stereocenters. The number of nitrogens with zero attached hydrogens (tertiary/aromatic N) is 2. The smallest absolute Gasteiger partial charge is 0.195 e. The van der Waals surface area contributed by atoms with Crippen molar-refractivity contribution >= 4 is 41.3 Å². The van der Waals surface area contributed by atoms with Crippen LogP contribution in [0.4, 0.5) is 15.8 Å². The molecule has 0 saturated carbocycles. The molecule has 6 nitrogen and oxygen atoms in total. The zero-order chi connectivity index (χ0) is 19.2. The van der Waals surface area contributed by atoms with Crippen molar-refractivity contribution in [1.82, 2.24) is 5.32 Å². The molecule has 0 radical (unpaired) electrons. The van der Waals surface area contributed by atoms with Gasteiger partial charge in [0.15, 0.2) is 17.5 Å². The second kappa shape index (κ2) is 10.4. The normalized spacial score (nSPS) is 13.2. The molecule has 8 heteroatoms. The topological polar surface area (TPSA) is 58.1 Å². The highest BCUT2D eigenvalue weighted by Crippen LogP contribution is 2.32. The lowest BCUT2D eigenvalue weighted by Crippen LogP contribution is -2.30. The van der Waals surface area contributed by atoms with Crippen LogP contribution in [0.25, 0.3) is 0 Å². The number of fused-ring (bicyclic) bond motifs is 1. The Morgan fingerprint density at radius 2 is 1.86 bits per heavy atom. The molecular weight excluding hydrogens is 474 g/mol. The highest BCUT2D eigenvalue weighted by Gasteiger charge is 2.11. The SMILES string of the molecule is CN=C(NCc1ccc(N(C)C)c(F)c1)Nc1ccc2c(c1)OCCCO2.I. The van der Waals surface area contributed by atoms with Crippen LogP contribution in [-0.4, -0.2) is 40.3 Å². The lowest BCUT2D eigenvalue weighted by molar-refractivity contribution is 0.297. The Balaban J connectivity index is 0.00000280. The van der Waals surface area contributed by atoms with E-state index in [1.54, 1.807) is 18.0 Å². The van der Waals surface area contributed by atoms with Gasteiger partial charge in [0.2, 0.25) is 0 Å². The number of halogens is 2. The fraction of sp³-hybridized carbons (Fsp3) is 0.350. The first-order valence-electron chi connectivity index (χ1n) is 8.90. The first-order valence-corrected chi connectivity index (χ1v) is 8.90. The molecule has 0 aliphatic carbocycles. The molecule has 0 bridgehead atoms. The zero-order valence-corrected chi connectivity index (χ0v) is 18.6. The van der Waals surface area contributed by atoms with Crippen molar-refractivity contribution in [2.75, 3.05) is 44.6 Å². The lowest BCUT2D eigenvalue weighted by atomic mass is 10.2. The van der Waals surface area contributed by atoms with Crippen LogP contribution in [0.15, 0.2) is 41.4 Å². The molecular formula is C20H26FIN4O2. The quantitative estimate of drug-likeness (QED) is 0.380. The van der Waals surface area contributed by atoms with E-state index in [9.17, 15) is 4.39 Å². The van der Waals surface area contributed by atoms with Gasteiger partial charge in [-0.3, -0.25) is 4.99 Å². The van der Waals surface area contributed by atoms with E-state index in [1.165, 1.54) is 6.07 Å². The van der Waals surface area contributed by atoms with Crippen LogP contribution < -0.4 is 25.0 Å². The number of rotatable bonds is 4. The predicted octanol–water partition coefficient (Wildman–Crippen LogP) is 3.86. The van der Waals surface area contributed by atoms with Gasteiger partial charge in [0, 0.05) is 45.9 Å². The standard InChI is InChI=1S/C20H25FN4O2.HI/c1-22-20(23-13-14-5-7-17(25(2)3)16(21)11-14)24-15-6-8-18-19(12-15)27-10-4-9-26-18;/h5-8,11-12H,4,9-10,13H2,1-3H3,(H2,22,23,24);1H. The average Bonchev–Trinajstić information content (AvgIpc) is 2.89. The fourth-order valence-electron chi connectivity index (χ4n) is 2.77. The molecule has 1 aliphatic heterocycles. The van der Waals surface area contributed by atoms with Crippen LogP contribution >= 0.6 is 24.0 Å². The molecule has 1 heterocycles. The molecule has 152 valence electrons. The summed E-state index contributed by atoms with van der Waals surface area (Å²) in [7, 11) is 5.32. The molecule has 2 aromatic rings. The van der Waals surface area contributed by atoms with E-state index in [2.05, 4.69) is 15.6 Å². The number of hydrogen-bond donors (Lipinski definition) is 2. The van der Waals surface area contributed by atoms with Gasteiger partial charge in [-0.1, -0.05) is 6.07 Å². The van der Waals surface area contributed by atoms with Crippen molar-refractivity contribution in [1.29, 1.82) is 0 Å². The van der Waals surface area contributed by atoms with Crippen molar-refractivity contribution in [3.63, 3.8) is 0 Å². The Morgan fingerprint density at radius 3 is 2.54 bits per heavy atom. The van der Waals surface area contributed by atoms with Gasteiger partial charge in [0.05, 0.1) is 18.9 Å². The number of hydrogen-bond acceptors (Lipinski definition) is 4. The predicted molar refractivity (Wildman–Crippen MR) is 122 cm³/mol. The van der Waals surface area contributed by atoms with E-state index in [0.717, 1.165) is 23.4 Å². The zero-order valence-electron chi connectivity index (χ0n) is 16.3. The maximum Gasteiger partial charge on any atom is 0.195 e. The monoisotopic (exact) mass is 500 g/mol. The number of aliphatic imine (C=N–C) groups is 1. The Morgan fingerprint density at radius 1 is 1.11 bits per heavy atom. The third-order valence-corrected chi connectivity index (χ3v) is 4.19. The van der Waals surface area contributed by atoms with Crippen LogP contribution in [0.5, 0.6) is 11.5 Å². The highest BCUT2D eigenvalue weighted by molar-refractivity contribution is 14.0. The first-order chi connectivity index (χ1) is 13.1. The van der Waals surface area contributed by atoms with E-state index >= 15 is 0 Å². The van der Waals surface area contributed by atoms with E-state index in [1.807, 2.05) is 38.4 Å². The van der Waals surface area contributed by atoms with Gasteiger partial charge in [-0.15, -0.1) is 24.0 Å². The Hall–Kier alpha value is -2.23. The summed E-state index contributed by atoms with van der Waals surface area (Å²) in [6.07, 6.45) is 0.865. The number of nitrogens with one attached hydrogen (secondary N) is 2. The minimum absolute atomic E-state index is 0. The van der Waals surface area contributed by atoms with Crippen LogP contribution in [0.3, 0.4) is 0 Å². The van der Waals surface area contributed by atoms with Gasteiger partial charge < -0.3 is 25.0 Å². The first kappa shape index (κ1) is 22.1. The Bertz CT molecular complexity index is 830. The molecule has 0 saturated heterocycles. The van der Waals surface area contributed by atoms with Gasteiger partial charge in [0.25, 0.3) is 0 Å². The number of guanidine groups is 1. The molecule has 28 heavy (non-hydrogen) atoms. The fourth-order valence-corrected chi connectivity index (χ4v) is 2.77. The molecule has 2 aromatic carbocycles. The van der Waals surface area contributed by atoms with Crippen molar-refractivity contribution in [3.05, 3.63) is 47.8 Å². The summed E-state index contributed by atoms with van der Waals surface area (Å²) in [5.74, 6) is 1.80. The Kier molecular flexibility index (Phi) is 8.16. The second-order valence-electron chi connectivity index (χ2n) is 6.44. The molecule has 0 fully saturated rings. The van der Waals surface area contributed by atoms with E-state index in [4.69, 9.17) is 9.47 Å². The van der Waals surface area contributed by atoms with Crippen molar-refractivity contribution in [2.24, 2.45) is 4.99 Å². The summed E-state index contributed by atoms with van der Waals surface area (Å²) in [4.78, 5) is 5.96. The minimum atomic E-state index is -0.245. The third kappa shape index (κ3) is 5.63. The summed E-state index contributed by atoms with van der Waals surface area (Å²) in [6, 6.07) is 10.9. The second-order valence-corrected chi connectivity index (χ2v) is 6.44. The summed E-state index contributed by atoms with van der Waals surface area (Å²) in [5, 5.41) is 6.40. The molecule has 2 N–H and O–H groups in total. The van der Waals surface area contributed by atoms with Gasteiger partial charge in [0.1, 0.15) is 5.82 Å². The van der Waals surface area contributed by atoms with E-state index < -0.39 is 0 Å². The Labute approximate surface area is 182 Å². The van der Waals surface area contributed by atoms with Crippen LogP contribution in [-0.2, 0) is 6.54 Å². The molecule has 0 atom stereocenters. The summed E-state index contributed by atoms with van der Waals surface area (Å²) in [6.45, 7) is 1.75. The highest BCUT2D eigenvalue weighted by atomic mass is 127. The van der Waals surface area contributed by atoms with Gasteiger partial charge in [-0.25, -0.2) is 4.39 Å². The maximum atomic E-state index is 14.1. The van der Waals surface area contributed by atoms with Crippen LogP contribution in [0, 0.1) is 5.82 Å². The van der Waals surface area contributed by atoms with Gasteiger partial charge >= 0.3 is 0 Å². The number of benzene rings is 2. The van der Waals surface area contributed by atoms with E-state index in [-0.39, 0.29) is 29.8 Å². The summed E-state index contributed by atoms with van der Waals surface area (Å²) < 4.78 is 25.5. The minimum Gasteiger partial charge on any atom is -0.490 e. The molecule has 0 aromatic heterocycles. The molecule has 3 rings (SSSR count). The number of ether oxygens (including phenoxy) is 2. The van der Waals surface area contributed by atoms with Crippen molar-refractivity contribution in [2.45, 2.75) is 13.0 Å². The molecule has 1 aliphatic rings. The lowest BCUT2D eigenvalue weighted by Gasteiger charge is -2.16. The van der Waals surface area contributed by atoms with Crippen molar-refractivity contribution < 1.29 is 13.9 Å². The van der Waals surface area contributed by atoms with E-state index in [0.29, 0.717) is 37.2 Å². The van der Waals surface area contributed by atoms with Crippen LogP contribution in [0.1, 0.15) is 12.0 Å². The average molecular weight is 500 g/mol. The summed E-state index contributed by atoms with van der Waals surface area (Å²) >= 11 is 0. The third-order valence-electron chi connectivity index (χ3n) is 4.19.